The summed E-state index contributed by atoms with van der Waals surface area (Å²) in [5, 5.41) is 6.04. The van der Waals surface area contributed by atoms with Crippen molar-refractivity contribution in [2.24, 2.45) is 0 Å². The Hall–Kier alpha value is -3.54. The molecular weight excluding hydrogens is 471 g/mol. The van der Waals surface area contributed by atoms with Gasteiger partial charge in [-0.15, -0.1) is 0 Å². The average Bonchev–Trinajstić information content (AvgIpc) is 3.28. The van der Waals surface area contributed by atoms with Gasteiger partial charge in [0, 0.05) is 16.8 Å². The number of halogens is 2. The molecule has 0 atom stereocenters. The van der Waals surface area contributed by atoms with Crippen molar-refractivity contribution in [3.05, 3.63) is 88.9 Å². The standard InChI is InChI=1S/C27H20Cl2N2O3/c28-18-12-14-24(21(29)16-18)33-15-5-10-25(32)30-22-9-4-3-8-20(22)27-31-23-13-11-17-6-1-2-7-19(17)26(23)34-27/h1-4,6-9,11-14,16H,5,10,15H2,(H,30,32). The van der Waals surface area contributed by atoms with Crippen LogP contribution < -0.4 is 10.1 Å². The van der Waals surface area contributed by atoms with Crippen molar-refractivity contribution in [1.82, 2.24) is 4.98 Å². The molecule has 1 heterocycles. The van der Waals surface area contributed by atoms with Crippen LogP contribution in [0.25, 0.3) is 33.3 Å². The zero-order valence-electron chi connectivity index (χ0n) is 18.1. The highest BCUT2D eigenvalue weighted by Crippen LogP contribution is 2.33. The fraction of sp³-hybridized carbons (Fsp3) is 0.111. The van der Waals surface area contributed by atoms with Crippen LogP contribution in [0.15, 0.2) is 83.3 Å². The van der Waals surface area contributed by atoms with Gasteiger partial charge in [-0.3, -0.25) is 4.79 Å². The monoisotopic (exact) mass is 490 g/mol. The minimum atomic E-state index is -0.125. The van der Waals surface area contributed by atoms with Crippen LogP contribution in [0.2, 0.25) is 10.0 Å². The minimum Gasteiger partial charge on any atom is -0.492 e. The molecule has 1 aromatic heterocycles. The number of fused-ring (bicyclic) bond motifs is 3. The second-order valence-electron chi connectivity index (χ2n) is 7.77. The Morgan fingerprint density at radius 2 is 1.79 bits per heavy atom. The maximum atomic E-state index is 12.6. The summed E-state index contributed by atoms with van der Waals surface area (Å²) < 4.78 is 11.8. The number of oxazole rings is 1. The van der Waals surface area contributed by atoms with Crippen molar-refractivity contribution in [2.75, 3.05) is 11.9 Å². The van der Waals surface area contributed by atoms with Gasteiger partial charge in [-0.25, -0.2) is 4.98 Å². The van der Waals surface area contributed by atoms with Crippen LogP contribution in [0.3, 0.4) is 0 Å². The number of anilines is 1. The molecule has 7 heteroatoms. The predicted molar refractivity (Wildman–Crippen MR) is 137 cm³/mol. The molecular formula is C27H20Cl2N2O3. The molecule has 0 spiro atoms. The molecule has 0 saturated carbocycles. The van der Waals surface area contributed by atoms with E-state index in [-0.39, 0.29) is 12.3 Å². The maximum Gasteiger partial charge on any atom is 0.229 e. The van der Waals surface area contributed by atoms with E-state index in [9.17, 15) is 4.79 Å². The summed E-state index contributed by atoms with van der Waals surface area (Å²) in [5.74, 6) is 0.878. The van der Waals surface area contributed by atoms with Crippen molar-refractivity contribution in [2.45, 2.75) is 12.8 Å². The van der Waals surface area contributed by atoms with Gasteiger partial charge < -0.3 is 14.5 Å². The van der Waals surface area contributed by atoms with Crippen LogP contribution in [0.4, 0.5) is 5.69 Å². The lowest BCUT2D eigenvalue weighted by atomic mass is 10.1. The van der Waals surface area contributed by atoms with Gasteiger partial charge in [-0.1, -0.05) is 65.7 Å². The number of benzene rings is 4. The third kappa shape index (κ3) is 4.72. The summed E-state index contributed by atoms with van der Waals surface area (Å²) >= 11 is 12.0. The average molecular weight is 491 g/mol. The number of carbonyl (C=O) groups excluding carboxylic acids is 1. The zero-order chi connectivity index (χ0) is 23.5. The van der Waals surface area contributed by atoms with Gasteiger partial charge in [0.05, 0.1) is 22.9 Å². The van der Waals surface area contributed by atoms with E-state index < -0.39 is 0 Å². The second kappa shape index (κ2) is 9.75. The number of hydrogen-bond donors (Lipinski definition) is 1. The summed E-state index contributed by atoms with van der Waals surface area (Å²) in [6.07, 6.45) is 0.819. The van der Waals surface area contributed by atoms with Crippen LogP contribution >= 0.6 is 23.2 Å². The van der Waals surface area contributed by atoms with E-state index >= 15 is 0 Å². The van der Waals surface area contributed by atoms with Gasteiger partial charge in [-0.2, -0.15) is 0 Å². The number of hydrogen-bond acceptors (Lipinski definition) is 4. The Balaban J connectivity index is 1.28. The number of nitrogens with one attached hydrogen (secondary N) is 1. The molecule has 0 radical (unpaired) electrons. The highest BCUT2D eigenvalue weighted by atomic mass is 35.5. The van der Waals surface area contributed by atoms with Crippen molar-refractivity contribution in [1.29, 1.82) is 0 Å². The summed E-state index contributed by atoms with van der Waals surface area (Å²) in [7, 11) is 0. The quantitative estimate of drug-likeness (QED) is 0.237. The molecule has 0 saturated heterocycles. The molecule has 5 rings (SSSR count). The van der Waals surface area contributed by atoms with E-state index in [1.807, 2.05) is 60.7 Å². The molecule has 0 aliphatic carbocycles. The summed E-state index contributed by atoms with van der Waals surface area (Å²) in [5.41, 5.74) is 2.87. The lowest BCUT2D eigenvalue weighted by molar-refractivity contribution is -0.116. The van der Waals surface area contributed by atoms with Crippen LogP contribution in [0, 0.1) is 0 Å². The van der Waals surface area contributed by atoms with Crippen molar-refractivity contribution in [3.8, 4) is 17.2 Å². The number of nitrogens with zero attached hydrogens (tertiary/aromatic N) is 1. The van der Waals surface area contributed by atoms with Gasteiger partial charge in [0.2, 0.25) is 11.8 Å². The molecule has 1 N–H and O–H groups in total. The third-order valence-electron chi connectivity index (χ3n) is 5.41. The lowest BCUT2D eigenvalue weighted by Gasteiger charge is -2.10. The Labute approximate surface area is 206 Å². The highest BCUT2D eigenvalue weighted by molar-refractivity contribution is 6.35. The minimum absolute atomic E-state index is 0.125. The van der Waals surface area contributed by atoms with Crippen molar-refractivity contribution >= 4 is 56.7 Å². The van der Waals surface area contributed by atoms with Crippen molar-refractivity contribution in [3.63, 3.8) is 0 Å². The largest absolute Gasteiger partial charge is 0.492 e. The Morgan fingerprint density at radius 3 is 2.68 bits per heavy atom. The molecule has 0 unspecified atom stereocenters. The molecule has 1 amide bonds. The number of ether oxygens (including phenoxy) is 1. The van der Waals surface area contributed by atoms with Gasteiger partial charge in [0.15, 0.2) is 5.58 Å². The number of amides is 1. The molecule has 4 aromatic carbocycles. The molecule has 0 bridgehead atoms. The number of rotatable bonds is 7. The summed E-state index contributed by atoms with van der Waals surface area (Å²) in [4.78, 5) is 17.3. The van der Waals surface area contributed by atoms with E-state index in [2.05, 4.69) is 10.3 Å². The van der Waals surface area contributed by atoms with Gasteiger partial charge in [0.1, 0.15) is 11.3 Å². The van der Waals surface area contributed by atoms with Gasteiger partial charge in [-0.05, 0) is 48.2 Å². The SMILES string of the molecule is O=C(CCCOc1ccc(Cl)cc1Cl)Nc1ccccc1-c1nc2ccc3ccccc3c2o1. The molecule has 0 aliphatic heterocycles. The first kappa shape index (κ1) is 22.3. The highest BCUT2D eigenvalue weighted by Gasteiger charge is 2.15. The van der Waals surface area contributed by atoms with Crippen LogP contribution in [-0.4, -0.2) is 17.5 Å². The number of carbonyl (C=O) groups is 1. The van der Waals surface area contributed by atoms with Gasteiger partial charge >= 0.3 is 0 Å². The molecule has 0 aliphatic rings. The van der Waals surface area contributed by atoms with E-state index in [1.165, 1.54) is 0 Å². The van der Waals surface area contributed by atoms with Crippen LogP contribution in [0.5, 0.6) is 5.75 Å². The first-order chi connectivity index (χ1) is 16.6. The fourth-order valence-electron chi connectivity index (χ4n) is 3.77. The van der Waals surface area contributed by atoms with E-state index in [0.29, 0.717) is 40.4 Å². The fourth-order valence-corrected chi connectivity index (χ4v) is 4.23. The number of aromatic nitrogens is 1. The second-order valence-corrected chi connectivity index (χ2v) is 8.62. The van der Waals surface area contributed by atoms with Gasteiger partial charge in [0.25, 0.3) is 0 Å². The van der Waals surface area contributed by atoms with Crippen LogP contribution in [0.1, 0.15) is 12.8 Å². The Kier molecular flexibility index (Phi) is 6.39. The maximum absolute atomic E-state index is 12.6. The topological polar surface area (TPSA) is 64.4 Å². The summed E-state index contributed by atoms with van der Waals surface area (Å²) in [6.45, 7) is 0.356. The van der Waals surface area contributed by atoms with E-state index in [0.717, 1.165) is 27.4 Å². The molecule has 5 nitrogen and oxygen atoms in total. The summed E-state index contributed by atoms with van der Waals surface area (Å²) in [6, 6.07) is 24.5. The Bertz CT molecular complexity index is 1500. The first-order valence-electron chi connectivity index (χ1n) is 10.8. The zero-order valence-corrected chi connectivity index (χ0v) is 19.6. The van der Waals surface area contributed by atoms with Crippen molar-refractivity contribution < 1.29 is 13.9 Å². The predicted octanol–water partition coefficient (Wildman–Crippen LogP) is 7.75. The lowest BCUT2D eigenvalue weighted by Crippen LogP contribution is -2.13. The smallest absolute Gasteiger partial charge is 0.229 e. The number of para-hydroxylation sites is 1. The molecule has 0 fully saturated rings. The van der Waals surface area contributed by atoms with E-state index in [4.69, 9.17) is 32.4 Å². The van der Waals surface area contributed by atoms with Crippen LogP contribution in [-0.2, 0) is 4.79 Å². The third-order valence-corrected chi connectivity index (χ3v) is 5.94. The first-order valence-corrected chi connectivity index (χ1v) is 11.6. The molecule has 34 heavy (non-hydrogen) atoms. The molecule has 5 aromatic rings. The normalized spacial score (nSPS) is 11.1. The Morgan fingerprint density at radius 1 is 0.971 bits per heavy atom. The van der Waals surface area contributed by atoms with E-state index in [1.54, 1.807) is 18.2 Å². The molecule has 170 valence electrons.